The largest absolute Gasteiger partial charge is 0.469 e. The van der Waals surface area contributed by atoms with E-state index < -0.39 is 0 Å². The second-order valence-electron chi connectivity index (χ2n) is 7.21. The summed E-state index contributed by atoms with van der Waals surface area (Å²) in [6.45, 7) is 8.57. The van der Waals surface area contributed by atoms with Crippen LogP contribution in [0.5, 0.6) is 0 Å². The second-order valence-corrected chi connectivity index (χ2v) is 7.21. The molecule has 0 saturated carbocycles. The second kappa shape index (κ2) is 13.6. The molecule has 7 heteroatoms. The number of rotatable bonds is 9. The Morgan fingerprint density at radius 3 is 2.38 bits per heavy atom. The summed E-state index contributed by atoms with van der Waals surface area (Å²) in [6, 6.07) is 14.7. The van der Waals surface area contributed by atoms with Crippen molar-refractivity contribution < 1.29 is 4.42 Å². The zero-order valence-electron chi connectivity index (χ0n) is 17.3. The Labute approximate surface area is 191 Å². The molecule has 0 atom stereocenters. The minimum atomic E-state index is 0. The molecule has 0 aliphatic carbocycles. The fraction of sp³-hybridized carbons (Fsp3) is 0.500. The lowest BCUT2D eigenvalue weighted by atomic mass is 10.2. The first-order valence-corrected chi connectivity index (χ1v) is 10.3. The maximum Gasteiger partial charge on any atom is 0.190 e. The van der Waals surface area contributed by atoms with Crippen LogP contribution < -0.4 is 10.6 Å². The van der Waals surface area contributed by atoms with Gasteiger partial charge in [0.25, 0.3) is 0 Å². The molecule has 0 amide bonds. The molecule has 1 saturated heterocycles. The van der Waals surface area contributed by atoms with Crippen molar-refractivity contribution in [3.63, 3.8) is 0 Å². The molecule has 1 fully saturated rings. The first-order chi connectivity index (χ1) is 13.8. The summed E-state index contributed by atoms with van der Waals surface area (Å²) in [4.78, 5) is 9.40. The molecule has 2 N–H and O–H groups in total. The van der Waals surface area contributed by atoms with E-state index in [1.807, 2.05) is 19.2 Å². The number of furan rings is 1. The third kappa shape index (κ3) is 8.76. The standard InChI is InChI=1S/C22H33N5O.HI/c1-23-22(25-12-10-21-9-5-18-28-21)24-11-6-13-26-14-16-27(17-15-26)19-20-7-3-2-4-8-20;/h2-5,7-9,18H,6,10-17,19H2,1H3,(H2,23,24,25);1H. The lowest BCUT2D eigenvalue weighted by Crippen LogP contribution is -2.46. The van der Waals surface area contributed by atoms with E-state index in [1.165, 1.54) is 5.56 Å². The van der Waals surface area contributed by atoms with Crippen LogP contribution in [0.25, 0.3) is 0 Å². The van der Waals surface area contributed by atoms with Gasteiger partial charge in [-0.3, -0.25) is 9.89 Å². The minimum absolute atomic E-state index is 0. The number of hydrogen-bond donors (Lipinski definition) is 2. The summed E-state index contributed by atoms with van der Waals surface area (Å²) in [6.07, 6.45) is 3.70. The highest BCUT2D eigenvalue weighted by atomic mass is 127. The number of nitrogens with zero attached hydrogens (tertiary/aromatic N) is 3. The molecule has 6 nitrogen and oxygen atoms in total. The molecule has 1 aliphatic heterocycles. The van der Waals surface area contributed by atoms with Crippen molar-refractivity contribution in [2.24, 2.45) is 4.99 Å². The Morgan fingerprint density at radius 2 is 1.69 bits per heavy atom. The number of benzene rings is 1. The smallest absolute Gasteiger partial charge is 0.190 e. The van der Waals surface area contributed by atoms with E-state index in [4.69, 9.17) is 4.42 Å². The quantitative estimate of drug-likeness (QED) is 0.235. The average molecular weight is 511 g/mol. The molecule has 1 aromatic heterocycles. The van der Waals surface area contributed by atoms with Crippen LogP contribution in [0.2, 0.25) is 0 Å². The van der Waals surface area contributed by atoms with Crippen molar-refractivity contribution in [1.29, 1.82) is 0 Å². The van der Waals surface area contributed by atoms with E-state index in [0.29, 0.717) is 0 Å². The lowest BCUT2D eigenvalue weighted by molar-refractivity contribution is 0.126. The molecule has 2 aromatic rings. The first-order valence-electron chi connectivity index (χ1n) is 10.3. The third-order valence-corrected chi connectivity index (χ3v) is 5.13. The Bertz CT molecular complexity index is 684. The van der Waals surface area contributed by atoms with Gasteiger partial charge in [0, 0.05) is 59.3 Å². The Hall–Kier alpha value is -1.58. The van der Waals surface area contributed by atoms with E-state index in [1.54, 1.807) is 6.26 Å². The third-order valence-electron chi connectivity index (χ3n) is 5.13. The predicted molar refractivity (Wildman–Crippen MR) is 130 cm³/mol. The monoisotopic (exact) mass is 511 g/mol. The van der Waals surface area contributed by atoms with E-state index in [2.05, 4.69) is 55.8 Å². The van der Waals surface area contributed by atoms with E-state index in [9.17, 15) is 0 Å². The van der Waals surface area contributed by atoms with Crippen LogP contribution in [-0.2, 0) is 13.0 Å². The highest BCUT2D eigenvalue weighted by Crippen LogP contribution is 2.08. The zero-order valence-corrected chi connectivity index (χ0v) is 19.7. The summed E-state index contributed by atoms with van der Waals surface area (Å²) >= 11 is 0. The van der Waals surface area contributed by atoms with Crippen molar-refractivity contribution in [1.82, 2.24) is 20.4 Å². The number of halogens is 1. The molecular weight excluding hydrogens is 477 g/mol. The zero-order chi connectivity index (χ0) is 19.4. The van der Waals surface area contributed by atoms with Crippen molar-refractivity contribution in [3.8, 4) is 0 Å². The van der Waals surface area contributed by atoms with Crippen LogP contribution in [0.3, 0.4) is 0 Å². The van der Waals surface area contributed by atoms with Crippen LogP contribution in [-0.4, -0.2) is 68.6 Å². The highest BCUT2D eigenvalue weighted by molar-refractivity contribution is 14.0. The lowest BCUT2D eigenvalue weighted by Gasteiger charge is -2.34. The molecule has 0 spiro atoms. The fourth-order valence-corrected chi connectivity index (χ4v) is 3.50. The van der Waals surface area contributed by atoms with Gasteiger partial charge in [-0.15, -0.1) is 24.0 Å². The number of guanidine groups is 1. The van der Waals surface area contributed by atoms with Gasteiger partial charge in [0.2, 0.25) is 0 Å². The van der Waals surface area contributed by atoms with E-state index in [-0.39, 0.29) is 24.0 Å². The fourth-order valence-electron chi connectivity index (χ4n) is 3.50. The maximum atomic E-state index is 5.35. The average Bonchev–Trinajstić information content (AvgIpc) is 3.25. The van der Waals surface area contributed by atoms with E-state index >= 15 is 0 Å². The SMILES string of the molecule is CN=C(NCCCN1CCN(Cc2ccccc2)CC1)NCCc1ccco1.I. The normalized spacial score (nSPS) is 15.7. The molecule has 3 rings (SSSR count). The number of aliphatic imine (C=N–C) groups is 1. The van der Waals surface area contributed by atoms with Crippen LogP contribution in [0.15, 0.2) is 58.1 Å². The summed E-state index contributed by atoms with van der Waals surface area (Å²) < 4.78 is 5.35. The highest BCUT2D eigenvalue weighted by Gasteiger charge is 2.16. The number of piperazine rings is 1. The van der Waals surface area contributed by atoms with Gasteiger partial charge >= 0.3 is 0 Å². The summed E-state index contributed by atoms with van der Waals surface area (Å²) in [5.41, 5.74) is 1.41. The van der Waals surface area contributed by atoms with Crippen molar-refractivity contribution >= 4 is 29.9 Å². The van der Waals surface area contributed by atoms with Crippen molar-refractivity contribution in [2.45, 2.75) is 19.4 Å². The van der Waals surface area contributed by atoms with Gasteiger partial charge in [-0.1, -0.05) is 30.3 Å². The molecule has 160 valence electrons. The minimum Gasteiger partial charge on any atom is -0.469 e. The maximum absolute atomic E-state index is 5.35. The van der Waals surface area contributed by atoms with Crippen molar-refractivity contribution in [2.75, 3.05) is 52.9 Å². The Kier molecular flexibility index (Phi) is 11.1. The molecule has 0 bridgehead atoms. The number of hydrogen-bond acceptors (Lipinski definition) is 4. The molecule has 29 heavy (non-hydrogen) atoms. The van der Waals surface area contributed by atoms with E-state index in [0.717, 1.165) is 76.9 Å². The summed E-state index contributed by atoms with van der Waals surface area (Å²) in [7, 11) is 1.81. The Morgan fingerprint density at radius 1 is 0.966 bits per heavy atom. The molecule has 0 unspecified atom stereocenters. The van der Waals surface area contributed by atoms with Crippen LogP contribution in [0, 0.1) is 0 Å². The molecule has 2 heterocycles. The van der Waals surface area contributed by atoms with Crippen molar-refractivity contribution in [3.05, 3.63) is 60.1 Å². The van der Waals surface area contributed by atoms with Gasteiger partial charge in [-0.05, 0) is 30.7 Å². The Balaban J connectivity index is 0.00000300. The summed E-state index contributed by atoms with van der Waals surface area (Å²) in [5.74, 6) is 1.86. The van der Waals surface area contributed by atoms with Crippen LogP contribution >= 0.6 is 24.0 Å². The van der Waals surface area contributed by atoms with Gasteiger partial charge in [-0.2, -0.15) is 0 Å². The van der Waals surface area contributed by atoms with Gasteiger partial charge < -0.3 is 20.0 Å². The predicted octanol–water partition coefficient (Wildman–Crippen LogP) is 2.81. The van der Waals surface area contributed by atoms with Gasteiger partial charge in [0.15, 0.2) is 5.96 Å². The molecular formula is C22H34IN5O. The van der Waals surface area contributed by atoms with Gasteiger partial charge in [0.1, 0.15) is 5.76 Å². The van der Waals surface area contributed by atoms with Crippen LogP contribution in [0.4, 0.5) is 0 Å². The first kappa shape index (κ1) is 23.7. The molecule has 1 aliphatic rings. The molecule has 0 radical (unpaired) electrons. The number of nitrogens with one attached hydrogen (secondary N) is 2. The summed E-state index contributed by atoms with van der Waals surface area (Å²) in [5, 5.41) is 6.74. The van der Waals surface area contributed by atoms with Gasteiger partial charge in [-0.25, -0.2) is 0 Å². The molecule has 1 aromatic carbocycles. The van der Waals surface area contributed by atoms with Gasteiger partial charge in [0.05, 0.1) is 6.26 Å². The van der Waals surface area contributed by atoms with Crippen LogP contribution in [0.1, 0.15) is 17.7 Å². The topological polar surface area (TPSA) is 56.0 Å².